The van der Waals surface area contributed by atoms with Gasteiger partial charge in [-0.2, -0.15) is 0 Å². The van der Waals surface area contributed by atoms with Gasteiger partial charge in [-0.05, 0) is 67.3 Å². The Morgan fingerprint density at radius 1 is 0.976 bits per heavy atom. The number of hydrogen-bond acceptors (Lipinski definition) is 5. The first-order valence-electron chi connectivity index (χ1n) is 13.7. The van der Waals surface area contributed by atoms with E-state index in [-0.39, 0.29) is 18.5 Å². The third-order valence-electron chi connectivity index (χ3n) is 7.16. The molecule has 10 heteroatoms. The zero-order valence-electron chi connectivity index (χ0n) is 23.3. The topological polar surface area (TPSA) is 96.0 Å². The van der Waals surface area contributed by atoms with E-state index >= 15 is 0 Å². The maximum Gasteiger partial charge on any atom is 0.244 e. The van der Waals surface area contributed by atoms with Crippen LogP contribution < -0.4 is 14.4 Å². The van der Waals surface area contributed by atoms with Crippen molar-refractivity contribution in [3.05, 3.63) is 95.0 Å². The van der Waals surface area contributed by atoms with Gasteiger partial charge in [0, 0.05) is 17.6 Å². The molecule has 0 saturated heterocycles. The minimum Gasteiger partial charge on any atom is -0.489 e. The number of benzene rings is 3. The van der Waals surface area contributed by atoms with Crippen molar-refractivity contribution in [1.29, 1.82) is 0 Å². The summed E-state index contributed by atoms with van der Waals surface area (Å²) in [6, 6.07) is 22.5. The van der Waals surface area contributed by atoms with Crippen LogP contribution in [0.1, 0.15) is 43.7 Å². The van der Waals surface area contributed by atoms with Crippen LogP contribution in [0.25, 0.3) is 0 Å². The molecule has 1 atom stereocenters. The monoisotopic (exact) mass is 597 g/mol. The summed E-state index contributed by atoms with van der Waals surface area (Å²) in [7, 11) is -3.84. The summed E-state index contributed by atoms with van der Waals surface area (Å²) in [6.45, 7) is 1.66. The number of halogens is 1. The lowest BCUT2D eigenvalue weighted by molar-refractivity contribution is -0.139. The molecule has 1 aliphatic carbocycles. The van der Waals surface area contributed by atoms with E-state index in [4.69, 9.17) is 16.3 Å². The van der Waals surface area contributed by atoms with Gasteiger partial charge in [0.2, 0.25) is 21.8 Å². The van der Waals surface area contributed by atoms with E-state index in [2.05, 4.69) is 5.32 Å². The molecule has 0 heterocycles. The third kappa shape index (κ3) is 8.71. The first-order valence-corrected chi connectivity index (χ1v) is 15.9. The molecule has 218 valence electrons. The molecule has 1 N–H and O–H groups in total. The molecule has 3 aromatic rings. The van der Waals surface area contributed by atoms with Crippen molar-refractivity contribution in [2.45, 2.75) is 57.8 Å². The summed E-state index contributed by atoms with van der Waals surface area (Å²) in [6.07, 6.45) is 4.99. The van der Waals surface area contributed by atoms with Crippen LogP contribution in [0.3, 0.4) is 0 Å². The highest BCUT2D eigenvalue weighted by atomic mass is 35.5. The quantitative estimate of drug-likeness (QED) is 0.311. The molecule has 1 saturated carbocycles. The number of anilines is 1. The summed E-state index contributed by atoms with van der Waals surface area (Å²) in [5.41, 5.74) is 2.06. The maximum absolute atomic E-state index is 13.8. The van der Waals surface area contributed by atoms with E-state index < -0.39 is 28.5 Å². The van der Waals surface area contributed by atoms with Gasteiger partial charge in [0.05, 0.1) is 11.9 Å². The minimum atomic E-state index is -3.84. The number of nitrogens with one attached hydrogen (secondary N) is 1. The summed E-state index contributed by atoms with van der Waals surface area (Å²) in [5.74, 6) is -0.204. The second-order valence-electron chi connectivity index (χ2n) is 10.4. The number of carbonyl (C=O) groups excluding carboxylic acids is 2. The molecule has 0 radical (unpaired) electrons. The molecule has 0 bridgehead atoms. The van der Waals surface area contributed by atoms with Gasteiger partial charge in [0.25, 0.3) is 0 Å². The third-order valence-corrected chi connectivity index (χ3v) is 8.54. The second kappa shape index (κ2) is 13.9. The Morgan fingerprint density at radius 2 is 1.63 bits per heavy atom. The van der Waals surface area contributed by atoms with Gasteiger partial charge in [-0.25, -0.2) is 8.42 Å². The lowest BCUT2D eigenvalue weighted by Crippen LogP contribution is -2.52. The van der Waals surface area contributed by atoms with E-state index in [0.717, 1.165) is 47.4 Å². The Balaban J connectivity index is 1.52. The SMILES string of the molecule is CC(C(=O)NC1CCCC1)N(Cc1cccc(Cl)c1)C(=O)CN(c1ccc(OCc2ccccc2)cc1)S(C)(=O)=O. The summed E-state index contributed by atoms with van der Waals surface area (Å²) in [4.78, 5) is 28.3. The molecule has 41 heavy (non-hydrogen) atoms. The number of carbonyl (C=O) groups is 2. The van der Waals surface area contributed by atoms with Crippen molar-refractivity contribution >= 4 is 39.1 Å². The van der Waals surface area contributed by atoms with Gasteiger partial charge >= 0.3 is 0 Å². The van der Waals surface area contributed by atoms with Crippen molar-refractivity contribution in [2.24, 2.45) is 0 Å². The molecule has 1 aliphatic rings. The predicted molar refractivity (Wildman–Crippen MR) is 161 cm³/mol. The average molecular weight is 598 g/mol. The Morgan fingerprint density at radius 3 is 2.27 bits per heavy atom. The van der Waals surface area contributed by atoms with E-state index in [0.29, 0.717) is 23.1 Å². The van der Waals surface area contributed by atoms with E-state index in [1.807, 2.05) is 36.4 Å². The van der Waals surface area contributed by atoms with Crippen LogP contribution in [0.15, 0.2) is 78.9 Å². The summed E-state index contributed by atoms with van der Waals surface area (Å²) < 4.78 is 32.6. The van der Waals surface area contributed by atoms with Gasteiger partial charge < -0.3 is 15.0 Å². The number of rotatable bonds is 12. The van der Waals surface area contributed by atoms with Crippen LogP contribution in [0.5, 0.6) is 5.75 Å². The Bertz CT molecular complexity index is 1430. The fourth-order valence-electron chi connectivity index (χ4n) is 4.87. The van der Waals surface area contributed by atoms with Crippen molar-refractivity contribution in [3.8, 4) is 5.75 Å². The van der Waals surface area contributed by atoms with E-state index in [9.17, 15) is 18.0 Å². The van der Waals surface area contributed by atoms with Crippen molar-refractivity contribution in [1.82, 2.24) is 10.2 Å². The number of hydrogen-bond donors (Lipinski definition) is 1. The Labute approximate surface area is 247 Å². The highest BCUT2D eigenvalue weighted by molar-refractivity contribution is 7.92. The summed E-state index contributed by atoms with van der Waals surface area (Å²) in [5, 5.41) is 3.56. The highest BCUT2D eigenvalue weighted by Crippen LogP contribution is 2.24. The molecule has 2 amide bonds. The molecule has 0 spiro atoms. The minimum absolute atomic E-state index is 0.0863. The van der Waals surface area contributed by atoms with Gasteiger partial charge in [-0.3, -0.25) is 13.9 Å². The standard InChI is InChI=1S/C31H36ClN3O5S/c1-23(31(37)33-27-13-6-7-14-27)34(20-25-11-8-12-26(32)19-25)30(36)21-35(41(2,38)39)28-15-17-29(18-16-28)40-22-24-9-4-3-5-10-24/h3-5,8-12,15-19,23,27H,6-7,13-14,20-22H2,1-2H3,(H,33,37). The van der Waals surface area contributed by atoms with Crippen molar-refractivity contribution in [3.63, 3.8) is 0 Å². The van der Waals surface area contributed by atoms with Gasteiger partial charge in [0.1, 0.15) is 24.9 Å². The molecule has 8 nitrogen and oxygen atoms in total. The maximum atomic E-state index is 13.8. The van der Waals surface area contributed by atoms with Crippen LogP contribution in [0.2, 0.25) is 5.02 Å². The van der Waals surface area contributed by atoms with Gasteiger partial charge in [-0.1, -0.05) is 66.9 Å². The lowest BCUT2D eigenvalue weighted by Gasteiger charge is -2.32. The van der Waals surface area contributed by atoms with E-state index in [1.165, 1.54) is 4.90 Å². The number of nitrogens with zero attached hydrogens (tertiary/aromatic N) is 2. The van der Waals surface area contributed by atoms with Crippen LogP contribution >= 0.6 is 11.6 Å². The van der Waals surface area contributed by atoms with Crippen LogP contribution in [0.4, 0.5) is 5.69 Å². The number of sulfonamides is 1. The normalized spacial score (nSPS) is 14.3. The first kappa shape index (κ1) is 30.4. The van der Waals surface area contributed by atoms with Crippen molar-refractivity contribution in [2.75, 3.05) is 17.1 Å². The molecule has 1 fully saturated rings. The zero-order chi connectivity index (χ0) is 29.4. The lowest BCUT2D eigenvalue weighted by atomic mass is 10.1. The average Bonchev–Trinajstić information content (AvgIpc) is 3.46. The smallest absolute Gasteiger partial charge is 0.244 e. The van der Waals surface area contributed by atoms with Gasteiger partial charge in [-0.15, -0.1) is 0 Å². The first-order chi connectivity index (χ1) is 19.6. The highest BCUT2D eigenvalue weighted by Gasteiger charge is 2.31. The second-order valence-corrected chi connectivity index (χ2v) is 12.7. The summed E-state index contributed by atoms with van der Waals surface area (Å²) >= 11 is 6.18. The molecule has 4 rings (SSSR count). The van der Waals surface area contributed by atoms with Crippen LogP contribution in [-0.4, -0.2) is 50.0 Å². The molecule has 1 unspecified atom stereocenters. The molecule has 0 aliphatic heterocycles. The number of ether oxygens (including phenoxy) is 1. The molecular formula is C31H36ClN3O5S. The molecule has 3 aromatic carbocycles. The van der Waals surface area contributed by atoms with Gasteiger partial charge in [0.15, 0.2) is 0 Å². The van der Waals surface area contributed by atoms with Crippen LogP contribution in [-0.2, 0) is 32.8 Å². The fraction of sp³-hybridized carbons (Fsp3) is 0.355. The van der Waals surface area contributed by atoms with Crippen molar-refractivity contribution < 1.29 is 22.7 Å². The molecule has 0 aromatic heterocycles. The number of amides is 2. The Kier molecular flexibility index (Phi) is 10.3. The molecular weight excluding hydrogens is 562 g/mol. The van der Waals surface area contributed by atoms with E-state index in [1.54, 1.807) is 49.4 Å². The largest absolute Gasteiger partial charge is 0.489 e. The van der Waals surface area contributed by atoms with Crippen LogP contribution in [0, 0.1) is 0 Å². The fourth-order valence-corrected chi connectivity index (χ4v) is 5.93. The Hall–Kier alpha value is -3.56. The predicted octanol–water partition coefficient (Wildman–Crippen LogP) is 5.16. The zero-order valence-corrected chi connectivity index (χ0v) is 24.9.